The van der Waals surface area contributed by atoms with Crippen LogP contribution in [0.15, 0.2) is 60.9 Å². The summed E-state index contributed by atoms with van der Waals surface area (Å²) in [4.78, 5) is 25.0. The minimum absolute atomic E-state index is 0.00837. The molecule has 0 aliphatic heterocycles. The number of hydrogen-bond donors (Lipinski definition) is 0. The van der Waals surface area contributed by atoms with Gasteiger partial charge in [-0.15, -0.1) is 0 Å². The van der Waals surface area contributed by atoms with E-state index in [-0.39, 0.29) is 32.2 Å². The third-order valence-corrected chi connectivity index (χ3v) is 9.61. The Kier molecular flexibility index (Phi) is 35.6. The van der Waals surface area contributed by atoms with Crippen molar-refractivity contribution in [1.29, 1.82) is 0 Å². The van der Waals surface area contributed by atoms with Crippen molar-refractivity contribution in [3.63, 3.8) is 0 Å². The number of hydrogen-bond acceptors (Lipinski definition) is 7. The Hall–Kier alpha value is -1.96. The van der Waals surface area contributed by atoms with Crippen molar-refractivity contribution in [2.24, 2.45) is 0 Å². The Bertz CT molecular complexity index is 1030. The Labute approximate surface area is 326 Å². The second kappa shape index (κ2) is 37.0. The van der Waals surface area contributed by atoms with E-state index < -0.39 is 13.9 Å². The number of phosphoric ester groups is 1. The molecule has 0 aliphatic rings. The summed E-state index contributed by atoms with van der Waals surface area (Å²) < 4.78 is 34.3. The fourth-order valence-corrected chi connectivity index (χ4v) is 6.11. The molecule has 0 aliphatic carbocycles. The Balaban J connectivity index is 4.37. The van der Waals surface area contributed by atoms with Crippen LogP contribution < -0.4 is 4.89 Å². The molecule has 2 atom stereocenters. The van der Waals surface area contributed by atoms with E-state index in [9.17, 15) is 14.3 Å². The van der Waals surface area contributed by atoms with E-state index in [0.29, 0.717) is 17.4 Å². The first-order valence-electron chi connectivity index (χ1n) is 21.1. The molecule has 0 saturated heterocycles. The number of likely N-dealkylation sites (N-methyl/N-ethyl adjacent to an activating group) is 1. The van der Waals surface area contributed by atoms with Crippen LogP contribution >= 0.6 is 7.82 Å². The molecule has 9 heteroatoms. The average molecular weight is 766 g/mol. The van der Waals surface area contributed by atoms with Crippen LogP contribution in [0.4, 0.5) is 0 Å². The van der Waals surface area contributed by atoms with Gasteiger partial charge in [0.2, 0.25) is 0 Å². The second-order valence-electron chi connectivity index (χ2n) is 15.0. The Morgan fingerprint density at radius 3 is 1.66 bits per heavy atom. The first-order valence-corrected chi connectivity index (χ1v) is 22.5. The van der Waals surface area contributed by atoms with Gasteiger partial charge in [-0.25, -0.2) is 0 Å². The number of carbonyl (C=O) groups is 1. The van der Waals surface area contributed by atoms with Crippen molar-refractivity contribution in [1.82, 2.24) is 0 Å². The molecule has 0 fully saturated rings. The summed E-state index contributed by atoms with van der Waals surface area (Å²) >= 11 is 0. The molecule has 0 N–H and O–H groups in total. The lowest BCUT2D eigenvalue weighted by Gasteiger charge is -2.28. The predicted octanol–water partition coefficient (Wildman–Crippen LogP) is 11.9. The van der Waals surface area contributed by atoms with Crippen LogP contribution in [0.1, 0.15) is 162 Å². The van der Waals surface area contributed by atoms with E-state index in [1.807, 2.05) is 27.2 Å². The lowest BCUT2D eigenvalue weighted by atomic mass is 10.0. The van der Waals surface area contributed by atoms with Gasteiger partial charge in [-0.05, 0) is 63.9 Å². The number of quaternary nitrogens is 1. The molecule has 0 amide bonds. The molecule has 0 rings (SSSR count). The van der Waals surface area contributed by atoms with Crippen LogP contribution in [0.5, 0.6) is 0 Å². The summed E-state index contributed by atoms with van der Waals surface area (Å²) in [7, 11) is 1.30. The van der Waals surface area contributed by atoms with Crippen molar-refractivity contribution < 1.29 is 37.3 Å². The highest BCUT2D eigenvalue weighted by atomic mass is 31.2. The van der Waals surface area contributed by atoms with Gasteiger partial charge in [-0.3, -0.25) is 9.36 Å². The molecule has 0 spiro atoms. The molecule has 0 bridgehead atoms. The van der Waals surface area contributed by atoms with E-state index in [0.717, 1.165) is 64.2 Å². The van der Waals surface area contributed by atoms with E-state index in [2.05, 4.69) is 62.5 Å². The monoisotopic (exact) mass is 766 g/mol. The standard InChI is InChI=1S/C44H80NO7P/c1-6-8-10-12-14-16-18-20-22-23-24-25-27-29-31-33-35-37-44(46)52-43(42-51-53(47,48)50-40-38-45(3,4)5)41-49-39-36-34-32-30-28-26-21-19-17-15-13-11-9-7-2/h8,10,14,16,20,22,24-25,36,39,43H,6-7,9,11-13,15,17-19,21,23,26-35,37-38,40-42H2,1-5H3/b10-8-,16-14-,22-20-,25-24-,39-36-/t43-/m1/s1. The number of ether oxygens (including phenoxy) is 2. The van der Waals surface area contributed by atoms with Gasteiger partial charge in [0.25, 0.3) is 7.82 Å². The third kappa shape index (κ3) is 41.1. The summed E-state index contributed by atoms with van der Waals surface area (Å²) in [5.41, 5.74) is 0. The Morgan fingerprint density at radius 1 is 0.623 bits per heavy atom. The summed E-state index contributed by atoms with van der Waals surface area (Å²) in [5, 5.41) is 0. The largest absolute Gasteiger partial charge is 0.756 e. The van der Waals surface area contributed by atoms with E-state index in [1.165, 1.54) is 70.6 Å². The molecular weight excluding hydrogens is 685 g/mol. The fraction of sp³-hybridized carbons (Fsp3) is 0.750. The first kappa shape index (κ1) is 51.0. The smallest absolute Gasteiger partial charge is 0.306 e. The second-order valence-corrected chi connectivity index (χ2v) is 16.4. The van der Waals surface area contributed by atoms with Gasteiger partial charge in [0.15, 0.2) is 6.10 Å². The van der Waals surface area contributed by atoms with Crippen LogP contribution in [-0.4, -0.2) is 64.1 Å². The van der Waals surface area contributed by atoms with Crippen molar-refractivity contribution in [3.8, 4) is 0 Å². The highest BCUT2D eigenvalue weighted by Crippen LogP contribution is 2.38. The van der Waals surface area contributed by atoms with Crippen LogP contribution in [0.25, 0.3) is 0 Å². The molecule has 0 heterocycles. The minimum Gasteiger partial charge on any atom is -0.756 e. The zero-order valence-corrected chi connectivity index (χ0v) is 35.6. The van der Waals surface area contributed by atoms with E-state index in [1.54, 1.807) is 6.26 Å². The maximum Gasteiger partial charge on any atom is 0.306 e. The number of allylic oxidation sites excluding steroid dienone is 9. The van der Waals surface area contributed by atoms with E-state index >= 15 is 0 Å². The highest BCUT2D eigenvalue weighted by molar-refractivity contribution is 7.45. The lowest BCUT2D eigenvalue weighted by Crippen LogP contribution is -2.37. The third-order valence-electron chi connectivity index (χ3n) is 8.65. The zero-order valence-electron chi connectivity index (χ0n) is 34.7. The van der Waals surface area contributed by atoms with Gasteiger partial charge in [-0.2, -0.15) is 0 Å². The van der Waals surface area contributed by atoms with Crippen molar-refractivity contribution in [2.45, 2.75) is 168 Å². The minimum atomic E-state index is -4.55. The number of nitrogens with zero attached hydrogens (tertiary/aromatic N) is 1. The molecule has 0 aromatic heterocycles. The molecule has 0 aromatic rings. The molecule has 8 nitrogen and oxygen atoms in total. The van der Waals surface area contributed by atoms with E-state index in [4.69, 9.17) is 18.5 Å². The molecular formula is C44H80NO7P. The quantitative estimate of drug-likeness (QED) is 0.0154. The predicted molar refractivity (Wildman–Crippen MR) is 221 cm³/mol. The molecule has 0 saturated carbocycles. The molecule has 308 valence electrons. The number of rotatable bonds is 38. The molecule has 1 unspecified atom stereocenters. The molecule has 53 heavy (non-hydrogen) atoms. The van der Waals surface area contributed by atoms with Crippen LogP contribution in [0.2, 0.25) is 0 Å². The number of carbonyl (C=O) groups excluding carboxylic acids is 1. The first-order chi connectivity index (χ1) is 25.6. The Morgan fingerprint density at radius 2 is 1.11 bits per heavy atom. The summed E-state index contributed by atoms with van der Waals surface area (Å²) in [5.74, 6) is -0.381. The highest BCUT2D eigenvalue weighted by Gasteiger charge is 2.20. The van der Waals surface area contributed by atoms with Crippen molar-refractivity contribution in [3.05, 3.63) is 60.9 Å². The lowest BCUT2D eigenvalue weighted by molar-refractivity contribution is -0.870. The van der Waals surface area contributed by atoms with Crippen LogP contribution in [0, 0.1) is 0 Å². The number of esters is 1. The normalized spacial score (nSPS) is 14.4. The topological polar surface area (TPSA) is 94.1 Å². The maximum absolute atomic E-state index is 12.6. The summed E-state index contributed by atoms with van der Waals surface area (Å²) in [6.07, 6.45) is 46.1. The number of unbranched alkanes of at least 4 members (excludes halogenated alkanes) is 16. The van der Waals surface area contributed by atoms with Gasteiger partial charge in [0.1, 0.15) is 19.8 Å². The van der Waals surface area contributed by atoms with Crippen LogP contribution in [0.3, 0.4) is 0 Å². The number of phosphoric acid groups is 1. The molecule has 0 radical (unpaired) electrons. The van der Waals surface area contributed by atoms with Gasteiger partial charge < -0.3 is 27.9 Å². The SMILES string of the molecule is CC/C=C\C/C=C\C/C=C\C/C=C\CCCCCCC(=O)O[C@H](CO/C=C\CCCCCCCCCCCCCC)COP(=O)([O-])OCC[N+](C)(C)C. The summed E-state index contributed by atoms with van der Waals surface area (Å²) in [6.45, 7) is 4.58. The average Bonchev–Trinajstić information content (AvgIpc) is 3.11. The molecule has 0 aromatic carbocycles. The van der Waals surface area contributed by atoms with Crippen molar-refractivity contribution in [2.75, 3.05) is 47.5 Å². The van der Waals surface area contributed by atoms with Gasteiger partial charge >= 0.3 is 5.97 Å². The van der Waals surface area contributed by atoms with Gasteiger partial charge in [-0.1, -0.05) is 146 Å². The van der Waals surface area contributed by atoms with Crippen LogP contribution in [-0.2, 0) is 27.9 Å². The van der Waals surface area contributed by atoms with Crippen molar-refractivity contribution >= 4 is 13.8 Å². The van der Waals surface area contributed by atoms with Gasteiger partial charge in [0.05, 0.1) is 34.0 Å². The summed E-state index contributed by atoms with van der Waals surface area (Å²) in [6, 6.07) is 0. The maximum atomic E-state index is 12.6. The fourth-order valence-electron chi connectivity index (χ4n) is 5.38. The zero-order chi connectivity index (χ0) is 39.1. The van der Waals surface area contributed by atoms with Gasteiger partial charge in [0, 0.05) is 6.42 Å².